The highest BCUT2D eigenvalue weighted by molar-refractivity contribution is 9.10. The number of methoxy groups -OCH3 is 2. The van der Waals surface area contributed by atoms with Gasteiger partial charge in [-0.1, -0.05) is 312 Å². The van der Waals surface area contributed by atoms with Crippen molar-refractivity contribution in [1.29, 1.82) is 0 Å². The molecule has 0 amide bonds. The van der Waals surface area contributed by atoms with Crippen molar-refractivity contribution in [3.05, 3.63) is 239 Å². The lowest BCUT2D eigenvalue weighted by atomic mass is 9.83. The molecule has 7 aromatic carbocycles. The molecule has 8 nitrogen and oxygen atoms in total. The number of hydrogen-bond acceptors (Lipinski definition) is 8. The minimum atomic E-state index is -0.565. The smallest absolute Gasteiger partial charge is 0.337 e. The van der Waals surface area contributed by atoms with Crippen LogP contribution in [0.15, 0.2) is 156 Å². The lowest BCUT2D eigenvalue weighted by molar-refractivity contribution is 0.0600. The van der Waals surface area contributed by atoms with E-state index in [0.29, 0.717) is 46.3 Å². The Hall–Kier alpha value is -6.49. The number of hydrogen-bond donors (Lipinski definition) is 2. The molecule has 10 heteroatoms. The molecular formula is C98H156BrClO8. The third-order valence-corrected chi connectivity index (χ3v) is 19.0. The van der Waals surface area contributed by atoms with Gasteiger partial charge in [0.2, 0.25) is 0 Å². The minimum absolute atomic E-state index is 0.144. The first-order chi connectivity index (χ1) is 51.8. The number of benzene rings is 7. The summed E-state index contributed by atoms with van der Waals surface area (Å²) < 4.78 is 11.0. The molecule has 0 heterocycles. The van der Waals surface area contributed by atoms with Crippen LogP contribution in [0.2, 0.25) is 5.02 Å². The van der Waals surface area contributed by atoms with Crippen LogP contribution in [0.4, 0.5) is 0 Å². The van der Waals surface area contributed by atoms with Crippen LogP contribution in [0.3, 0.4) is 0 Å². The average molecular weight is 1580 g/mol. The number of esters is 1. The lowest BCUT2D eigenvalue weighted by Crippen LogP contribution is -2.10. The van der Waals surface area contributed by atoms with Gasteiger partial charge in [-0.25, -0.2) is 4.79 Å². The second-order valence-electron chi connectivity index (χ2n) is 25.0. The Morgan fingerprint density at radius 2 is 0.769 bits per heavy atom. The van der Waals surface area contributed by atoms with Crippen LogP contribution in [-0.2, 0) is 17.6 Å². The Bertz CT molecular complexity index is 3320. The molecule has 0 saturated heterocycles. The maximum Gasteiger partial charge on any atom is 0.337 e. The average Bonchev–Trinajstić information content (AvgIpc) is 0.827. The van der Waals surface area contributed by atoms with Crippen LogP contribution < -0.4 is 4.74 Å². The summed E-state index contributed by atoms with van der Waals surface area (Å²) >= 11 is 9.22. The van der Waals surface area contributed by atoms with Crippen molar-refractivity contribution < 1.29 is 38.9 Å². The molecule has 0 aliphatic heterocycles. The molecule has 7 unspecified atom stereocenters. The minimum Gasteiger partial charge on any atom is -0.496 e. The summed E-state index contributed by atoms with van der Waals surface area (Å²) in [5.41, 5.74) is 15.7. The lowest BCUT2D eigenvalue weighted by Gasteiger charge is -2.22. The van der Waals surface area contributed by atoms with Crippen LogP contribution in [0.5, 0.6) is 5.75 Å². The standard InChI is InChI=1S/C14H18O4.C14H20.C12H16O2.C12H18O.C12H16O.C10H13Br.C10H13Cl.7C2H6/c1-4-9(2)10-5-11(13(16)8-15)7-12(6-10)14(17)18-3;1-3-11(2)13-10-6-8-12-7-4-5-9-14(12)13;1-3-9(2)10-5-4-6-11(7-10)12(14)8-13;1-5-9(2)11-6-7-12(13-4)10(3)8-11;1-4-9(2)11-6-5-7-12(8-11)10(3)13;1-3-8(2)9-5-4-6-10(11)7-9;1-3-8(2)9-4-6-10(11)7-5-9;7*1-2/h5-7,9,15H,4,8H2,1-3H3;6,8,10-11H,3-5,7,9H2,1-2H3;4-7,9,13H,3,8H2,1-2H3;6-9H,5H2,1-4H3;5-9H,4H2,1-3H3;2*4-8H,3H2,1-2H3;7*1-2H3. The zero-order valence-corrected chi connectivity index (χ0v) is 76.6. The largest absolute Gasteiger partial charge is 0.496 e. The fourth-order valence-corrected chi connectivity index (χ4v) is 10.9. The van der Waals surface area contributed by atoms with Crippen molar-refractivity contribution in [3.63, 3.8) is 0 Å². The van der Waals surface area contributed by atoms with Crippen LogP contribution in [0, 0.1) is 6.92 Å². The Balaban J connectivity index is -0.000000274. The van der Waals surface area contributed by atoms with E-state index >= 15 is 0 Å². The van der Waals surface area contributed by atoms with E-state index in [4.69, 9.17) is 26.6 Å². The molecule has 0 spiro atoms. The third-order valence-electron chi connectivity index (χ3n) is 18.3. The van der Waals surface area contributed by atoms with Gasteiger partial charge in [-0.15, -0.1) is 0 Å². The number of ketones is 3. The molecule has 7 atom stereocenters. The zero-order chi connectivity index (χ0) is 84.5. The van der Waals surface area contributed by atoms with Crippen molar-refractivity contribution in [2.75, 3.05) is 27.4 Å². The maximum atomic E-state index is 11.5. The van der Waals surface area contributed by atoms with Crippen molar-refractivity contribution >= 4 is 50.8 Å². The Kier molecular flexibility index (Phi) is 75.0. The summed E-state index contributed by atoms with van der Waals surface area (Å²) in [6.07, 6.45) is 13.3. The summed E-state index contributed by atoms with van der Waals surface area (Å²) in [6.45, 7) is 61.3. The topological polar surface area (TPSA) is 127 Å². The van der Waals surface area contributed by atoms with Crippen molar-refractivity contribution in [1.82, 2.24) is 0 Å². The Labute approximate surface area is 677 Å². The fraction of sp³-hybridized carbons (Fsp3) is 0.531. The SMILES string of the molecule is CC.CC.CC.CC.CC.CC.CC.CCC(C)c1cc(C(=O)CO)cc(C(=O)OC)c1.CCC(C)c1ccc(Cl)cc1.CCC(C)c1ccc(OC)c(C)c1.CCC(C)c1cccc(Br)c1.CCC(C)c1cccc(C(=O)CO)c1.CCC(C)c1cccc(C(C)=O)c1.CCC(C)c1cccc2c1CCCC2. The van der Waals surface area contributed by atoms with Gasteiger partial charge < -0.3 is 19.7 Å². The third kappa shape index (κ3) is 45.6. The van der Waals surface area contributed by atoms with Crippen LogP contribution in [0.1, 0.15) is 397 Å². The number of Topliss-reactive ketones (excluding diaryl/α,β-unsaturated/α-hetero) is 3. The number of aliphatic hydroxyl groups is 2. The number of rotatable bonds is 21. The van der Waals surface area contributed by atoms with Crippen LogP contribution in [-0.4, -0.2) is 61.0 Å². The number of aryl methyl sites for hydroxylation is 2. The second kappa shape index (κ2) is 72.1. The van der Waals surface area contributed by atoms with E-state index in [0.717, 1.165) is 52.6 Å². The molecule has 0 bridgehead atoms. The van der Waals surface area contributed by atoms with Crippen LogP contribution >= 0.6 is 27.5 Å². The van der Waals surface area contributed by atoms with Crippen LogP contribution in [0.25, 0.3) is 0 Å². The molecule has 0 fully saturated rings. The normalized spacial score (nSPS) is 12.0. The predicted octanol–water partition coefficient (Wildman–Crippen LogP) is 30.5. The van der Waals surface area contributed by atoms with E-state index < -0.39 is 25.0 Å². The monoisotopic (exact) mass is 1580 g/mol. The van der Waals surface area contributed by atoms with Gasteiger partial charge in [-0.2, -0.15) is 0 Å². The van der Waals surface area contributed by atoms with Crippen molar-refractivity contribution in [2.24, 2.45) is 0 Å². The van der Waals surface area contributed by atoms with Gasteiger partial charge in [0.1, 0.15) is 19.0 Å². The molecule has 1 aliphatic rings. The van der Waals surface area contributed by atoms with E-state index in [2.05, 4.69) is 190 Å². The van der Waals surface area contributed by atoms with Gasteiger partial charge in [-0.05, 0) is 242 Å². The molecule has 1 aliphatic carbocycles. The highest BCUT2D eigenvalue weighted by Gasteiger charge is 2.18. The second-order valence-corrected chi connectivity index (χ2v) is 26.3. The van der Waals surface area contributed by atoms with Crippen molar-refractivity contribution in [2.45, 2.75) is 320 Å². The van der Waals surface area contributed by atoms with Gasteiger partial charge in [0.25, 0.3) is 0 Å². The number of carbonyl (C=O) groups is 4. The summed E-state index contributed by atoms with van der Waals surface area (Å²) in [5, 5.41) is 18.4. The molecule has 7 aromatic rings. The summed E-state index contributed by atoms with van der Waals surface area (Å²) in [5.74, 6) is 3.97. The first-order valence-electron chi connectivity index (χ1n) is 41.3. The summed E-state index contributed by atoms with van der Waals surface area (Å²) in [6, 6.07) is 50.2. The van der Waals surface area contributed by atoms with Gasteiger partial charge >= 0.3 is 5.97 Å². The molecule has 8 rings (SSSR count). The van der Waals surface area contributed by atoms with Crippen molar-refractivity contribution in [3.8, 4) is 5.75 Å². The quantitative estimate of drug-likeness (QED) is 0.0538. The van der Waals surface area contributed by atoms with E-state index in [1.807, 2.05) is 159 Å². The maximum absolute atomic E-state index is 11.5. The van der Waals surface area contributed by atoms with E-state index in [1.54, 1.807) is 48.9 Å². The zero-order valence-electron chi connectivity index (χ0n) is 74.3. The predicted molar refractivity (Wildman–Crippen MR) is 480 cm³/mol. The molecule has 610 valence electrons. The van der Waals surface area contributed by atoms with Gasteiger partial charge in [0.05, 0.1) is 19.8 Å². The highest BCUT2D eigenvalue weighted by Crippen LogP contribution is 2.32. The van der Waals surface area contributed by atoms with Gasteiger partial charge in [0, 0.05) is 26.2 Å². The molecule has 0 radical (unpaired) electrons. The molecule has 0 saturated carbocycles. The van der Waals surface area contributed by atoms with E-state index in [9.17, 15) is 19.2 Å². The molecular weight excluding hydrogens is 1420 g/mol. The number of ether oxygens (including phenoxy) is 2. The molecule has 108 heavy (non-hydrogen) atoms. The molecule has 0 aromatic heterocycles. The molecule has 2 N–H and O–H groups in total. The highest BCUT2D eigenvalue weighted by atomic mass is 79.9. The number of fused-ring (bicyclic) bond motifs is 1. The summed E-state index contributed by atoms with van der Waals surface area (Å²) in [7, 11) is 3.01. The van der Waals surface area contributed by atoms with Gasteiger partial charge in [-0.3, -0.25) is 14.4 Å². The van der Waals surface area contributed by atoms with E-state index in [1.165, 1.54) is 96.8 Å². The van der Waals surface area contributed by atoms with Gasteiger partial charge in [0.15, 0.2) is 17.3 Å². The summed E-state index contributed by atoms with van der Waals surface area (Å²) in [4.78, 5) is 45.4. The first-order valence-corrected chi connectivity index (χ1v) is 42.5. The fourth-order valence-electron chi connectivity index (χ4n) is 10.3. The number of aliphatic hydroxyl groups excluding tert-OH is 2. The Morgan fingerprint density at radius 1 is 0.407 bits per heavy atom. The number of halogens is 2. The number of carbonyl (C=O) groups excluding carboxylic acids is 4. The first kappa shape index (κ1) is 112. The Morgan fingerprint density at radius 3 is 1.19 bits per heavy atom. The van der Waals surface area contributed by atoms with E-state index in [-0.39, 0.29) is 17.5 Å².